The Morgan fingerprint density at radius 1 is 1.05 bits per heavy atom. The maximum Gasteiger partial charge on any atom is 0.0323 e. The molecule has 1 nitrogen and oxygen atoms in total. The summed E-state index contributed by atoms with van der Waals surface area (Å²) in [5, 5.41) is 5.78. The van der Waals surface area contributed by atoms with Gasteiger partial charge in [0.05, 0.1) is 0 Å². The molecule has 0 radical (unpaired) electrons. The van der Waals surface area contributed by atoms with Crippen LogP contribution in [-0.2, 0) is 6.42 Å². The molecule has 1 atom stereocenters. The van der Waals surface area contributed by atoms with Crippen molar-refractivity contribution in [2.45, 2.75) is 45.6 Å². The molecule has 1 aromatic carbocycles. The van der Waals surface area contributed by atoms with Crippen LogP contribution < -0.4 is 5.32 Å². The van der Waals surface area contributed by atoms with Gasteiger partial charge in [0.1, 0.15) is 0 Å². The van der Waals surface area contributed by atoms with Crippen LogP contribution in [0.2, 0.25) is 0 Å². The summed E-state index contributed by atoms with van der Waals surface area (Å²) in [7, 11) is 0. The van der Waals surface area contributed by atoms with Gasteiger partial charge in [-0.05, 0) is 47.9 Å². The Balaban J connectivity index is 2.03. The highest BCUT2D eigenvalue weighted by molar-refractivity contribution is 7.09. The average Bonchev–Trinajstić information content (AvgIpc) is 2.97. The Bertz CT molecular complexity index is 485. The van der Waals surface area contributed by atoms with E-state index in [9.17, 15) is 0 Å². The smallest absolute Gasteiger partial charge is 0.0323 e. The summed E-state index contributed by atoms with van der Waals surface area (Å²) in [6.07, 6.45) is 2.32. The number of hydrogen-bond acceptors (Lipinski definition) is 2. The third kappa shape index (κ3) is 4.19. The van der Waals surface area contributed by atoms with E-state index >= 15 is 0 Å². The molecule has 108 valence electrons. The minimum absolute atomic E-state index is 0.461. The first-order chi connectivity index (χ1) is 9.70. The summed E-state index contributed by atoms with van der Waals surface area (Å²) in [6.45, 7) is 7.68. The predicted molar refractivity (Wildman–Crippen MR) is 89.6 cm³/mol. The first-order valence-corrected chi connectivity index (χ1v) is 8.44. The molecule has 0 bridgehead atoms. The topological polar surface area (TPSA) is 12.0 Å². The van der Waals surface area contributed by atoms with Crippen LogP contribution in [0.3, 0.4) is 0 Å². The van der Waals surface area contributed by atoms with Gasteiger partial charge in [-0.25, -0.2) is 0 Å². The molecule has 2 aromatic rings. The number of rotatable bonds is 7. The van der Waals surface area contributed by atoms with Crippen molar-refractivity contribution < 1.29 is 0 Å². The third-order valence-electron chi connectivity index (χ3n) is 3.72. The van der Waals surface area contributed by atoms with Gasteiger partial charge in [-0.1, -0.05) is 51.1 Å². The van der Waals surface area contributed by atoms with Gasteiger partial charge in [0, 0.05) is 10.9 Å². The number of nitrogens with one attached hydrogen (secondary N) is 1. The molecule has 0 saturated carbocycles. The lowest BCUT2D eigenvalue weighted by atomic mass is 9.97. The molecule has 0 saturated heterocycles. The fourth-order valence-electron chi connectivity index (χ4n) is 2.49. The molecule has 1 unspecified atom stereocenters. The molecule has 1 N–H and O–H groups in total. The van der Waals surface area contributed by atoms with E-state index in [4.69, 9.17) is 0 Å². The lowest BCUT2D eigenvalue weighted by Crippen LogP contribution is -2.21. The average molecular weight is 287 g/mol. The first-order valence-electron chi connectivity index (χ1n) is 7.56. The largest absolute Gasteiger partial charge is 0.310 e. The first kappa shape index (κ1) is 15.3. The Hall–Kier alpha value is -1.12. The van der Waals surface area contributed by atoms with E-state index in [1.807, 2.05) is 11.3 Å². The third-order valence-corrected chi connectivity index (χ3v) is 4.65. The van der Waals surface area contributed by atoms with Crippen LogP contribution in [0.25, 0.3) is 0 Å². The molecule has 0 spiro atoms. The number of benzene rings is 1. The Kier molecular flexibility index (Phi) is 5.81. The fourth-order valence-corrected chi connectivity index (χ4v) is 3.21. The standard InChI is InChI=1S/C18H25NS/c1-4-19-18(12-11-17-6-5-13-20-17)16-9-7-15(8-10-16)14(2)3/h5-10,13-14,18-19H,4,11-12H2,1-3H3. The Morgan fingerprint density at radius 3 is 2.30 bits per heavy atom. The van der Waals surface area contributed by atoms with E-state index in [-0.39, 0.29) is 0 Å². The molecule has 2 heteroatoms. The molecule has 20 heavy (non-hydrogen) atoms. The minimum atomic E-state index is 0.461. The van der Waals surface area contributed by atoms with Crippen LogP contribution in [0.15, 0.2) is 41.8 Å². The summed E-state index contributed by atoms with van der Waals surface area (Å²) in [5.41, 5.74) is 2.83. The van der Waals surface area contributed by atoms with Crippen LogP contribution in [0.1, 0.15) is 55.2 Å². The lowest BCUT2D eigenvalue weighted by molar-refractivity contribution is 0.517. The van der Waals surface area contributed by atoms with Crippen molar-refractivity contribution in [1.29, 1.82) is 0 Å². The van der Waals surface area contributed by atoms with Gasteiger partial charge in [0.25, 0.3) is 0 Å². The second kappa shape index (κ2) is 7.61. The summed E-state index contributed by atoms with van der Waals surface area (Å²) >= 11 is 1.86. The van der Waals surface area contributed by atoms with Crippen molar-refractivity contribution in [3.63, 3.8) is 0 Å². The highest BCUT2D eigenvalue weighted by Gasteiger charge is 2.11. The van der Waals surface area contributed by atoms with Crippen molar-refractivity contribution in [2.75, 3.05) is 6.54 Å². The number of thiophene rings is 1. The van der Waals surface area contributed by atoms with Gasteiger partial charge >= 0.3 is 0 Å². The SMILES string of the molecule is CCNC(CCc1cccs1)c1ccc(C(C)C)cc1. The number of aryl methyl sites for hydroxylation is 1. The van der Waals surface area contributed by atoms with Crippen LogP contribution in [-0.4, -0.2) is 6.54 Å². The predicted octanol–water partition coefficient (Wildman–Crippen LogP) is 5.15. The summed E-state index contributed by atoms with van der Waals surface area (Å²) in [6, 6.07) is 14.0. The van der Waals surface area contributed by atoms with Gasteiger partial charge in [-0.15, -0.1) is 11.3 Å². The summed E-state index contributed by atoms with van der Waals surface area (Å²) < 4.78 is 0. The Labute approximate surface area is 127 Å². The van der Waals surface area contributed by atoms with Gasteiger partial charge < -0.3 is 5.32 Å². The van der Waals surface area contributed by atoms with Crippen molar-refractivity contribution in [2.24, 2.45) is 0 Å². The van der Waals surface area contributed by atoms with Crippen molar-refractivity contribution in [3.8, 4) is 0 Å². The second-order valence-corrected chi connectivity index (χ2v) is 6.58. The quantitative estimate of drug-likeness (QED) is 0.742. The molecule has 0 aliphatic heterocycles. The van der Waals surface area contributed by atoms with Gasteiger partial charge in [-0.2, -0.15) is 0 Å². The molecular formula is C18H25NS. The number of hydrogen-bond donors (Lipinski definition) is 1. The second-order valence-electron chi connectivity index (χ2n) is 5.55. The minimum Gasteiger partial charge on any atom is -0.310 e. The van der Waals surface area contributed by atoms with E-state index < -0.39 is 0 Å². The monoisotopic (exact) mass is 287 g/mol. The Morgan fingerprint density at radius 2 is 1.75 bits per heavy atom. The van der Waals surface area contributed by atoms with Gasteiger partial charge in [0.15, 0.2) is 0 Å². The van der Waals surface area contributed by atoms with E-state index in [0.717, 1.165) is 19.4 Å². The van der Waals surface area contributed by atoms with Crippen LogP contribution in [0.4, 0.5) is 0 Å². The molecular weight excluding hydrogens is 262 g/mol. The summed E-state index contributed by atoms with van der Waals surface area (Å²) in [4.78, 5) is 1.48. The molecule has 1 aromatic heterocycles. The zero-order valence-electron chi connectivity index (χ0n) is 12.7. The normalized spacial score (nSPS) is 12.8. The van der Waals surface area contributed by atoms with Gasteiger partial charge in [0.2, 0.25) is 0 Å². The maximum atomic E-state index is 3.61. The van der Waals surface area contributed by atoms with Gasteiger partial charge in [-0.3, -0.25) is 0 Å². The van der Waals surface area contributed by atoms with E-state index in [1.54, 1.807) is 0 Å². The zero-order chi connectivity index (χ0) is 14.4. The van der Waals surface area contributed by atoms with E-state index in [1.165, 1.54) is 16.0 Å². The van der Waals surface area contributed by atoms with E-state index in [2.05, 4.69) is 67.9 Å². The van der Waals surface area contributed by atoms with Crippen LogP contribution >= 0.6 is 11.3 Å². The molecule has 0 amide bonds. The van der Waals surface area contributed by atoms with Crippen LogP contribution in [0.5, 0.6) is 0 Å². The molecule has 0 aliphatic carbocycles. The molecule has 0 fully saturated rings. The maximum absolute atomic E-state index is 3.61. The molecule has 0 aliphatic rings. The van der Waals surface area contributed by atoms with E-state index in [0.29, 0.717) is 12.0 Å². The highest BCUT2D eigenvalue weighted by atomic mass is 32.1. The zero-order valence-corrected chi connectivity index (χ0v) is 13.5. The highest BCUT2D eigenvalue weighted by Crippen LogP contribution is 2.23. The molecule has 1 heterocycles. The summed E-state index contributed by atoms with van der Waals surface area (Å²) in [5.74, 6) is 0.604. The van der Waals surface area contributed by atoms with Crippen molar-refractivity contribution >= 4 is 11.3 Å². The van der Waals surface area contributed by atoms with Crippen molar-refractivity contribution in [3.05, 3.63) is 57.8 Å². The lowest BCUT2D eigenvalue weighted by Gasteiger charge is -2.19. The molecule has 2 rings (SSSR count). The van der Waals surface area contributed by atoms with Crippen molar-refractivity contribution in [1.82, 2.24) is 5.32 Å². The van der Waals surface area contributed by atoms with Crippen LogP contribution in [0, 0.1) is 0 Å². The fraction of sp³-hybridized carbons (Fsp3) is 0.444.